The molecule has 26 heavy (non-hydrogen) atoms. The van der Waals surface area contributed by atoms with Gasteiger partial charge in [-0.05, 0) is 24.5 Å². The largest absolute Gasteiger partial charge is 0.351 e. The van der Waals surface area contributed by atoms with Crippen molar-refractivity contribution < 1.29 is 19.1 Å². The van der Waals surface area contributed by atoms with Crippen LogP contribution in [0.1, 0.15) is 31.2 Å². The maximum absolute atomic E-state index is 13.0. The van der Waals surface area contributed by atoms with Gasteiger partial charge in [-0.2, -0.15) is 0 Å². The van der Waals surface area contributed by atoms with Gasteiger partial charge in [0.25, 0.3) is 0 Å². The van der Waals surface area contributed by atoms with E-state index in [9.17, 15) is 9.59 Å². The number of benzene rings is 1. The average molecular weight is 379 g/mol. The fourth-order valence-corrected chi connectivity index (χ4v) is 3.99. The SMILES string of the molecule is O=C(NCc1ccccc1Cl)C1(C(=O)N2CCC3(CC2)OCCO3)CC1. The number of amides is 2. The Morgan fingerprint density at radius 3 is 2.35 bits per heavy atom. The van der Waals surface area contributed by atoms with Crippen LogP contribution in [-0.2, 0) is 25.6 Å². The van der Waals surface area contributed by atoms with Crippen LogP contribution in [0, 0.1) is 5.41 Å². The molecule has 4 rings (SSSR count). The zero-order valence-electron chi connectivity index (χ0n) is 14.6. The third-order valence-corrected chi connectivity index (χ3v) is 5.99. The first-order valence-electron chi connectivity index (χ1n) is 9.14. The van der Waals surface area contributed by atoms with E-state index in [1.807, 2.05) is 18.2 Å². The number of hydrogen-bond acceptors (Lipinski definition) is 4. The second-order valence-electron chi connectivity index (χ2n) is 7.26. The zero-order valence-corrected chi connectivity index (χ0v) is 15.4. The molecule has 0 atom stereocenters. The molecule has 2 heterocycles. The Labute approximate surface area is 157 Å². The Morgan fingerprint density at radius 1 is 1.08 bits per heavy atom. The number of rotatable bonds is 4. The van der Waals surface area contributed by atoms with Crippen LogP contribution < -0.4 is 5.32 Å². The van der Waals surface area contributed by atoms with Crippen molar-refractivity contribution in [1.82, 2.24) is 10.2 Å². The van der Waals surface area contributed by atoms with Crippen LogP contribution in [0.3, 0.4) is 0 Å². The molecule has 7 heteroatoms. The predicted molar refractivity (Wildman–Crippen MR) is 95.4 cm³/mol. The van der Waals surface area contributed by atoms with E-state index in [0.717, 1.165) is 5.56 Å². The Bertz CT molecular complexity index is 703. The summed E-state index contributed by atoms with van der Waals surface area (Å²) >= 11 is 6.13. The lowest BCUT2D eigenvalue weighted by atomic mass is 9.98. The summed E-state index contributed by atoms with van der Waals surface area (Å²) in [6.45, 7) is 2.69. The molecule has 0 unspecified atom stereocenters. The number of likely N-dealkylation sites (tertiary alicyclic amines) is 1. The number of piperidine rings is 1. The molecule has 2 aliphatic heterocycles. The molecule has 3 aliphatic rings. The number of hydrogen-bond donors (Lipinski definition) is 1. The van der Waals surface area contributed by atoms with E-state index in [-0.39, 0.29) is 11.8 Å². The number of halogens is 1. The van der Waals surface area contributed by atoms with Gasteiger partial charge in [-0.25, -0.2) is 0 Å². The van der Waals surface area contributed by atoms with E-state index in [4.69, 9.17) is 21.1 Å². The van der Waals surface area contributed by atoms with Gasteiger partial charge >= 0.3 is 0 Å². The predicted octanol–water partition coefficient (Wildman–Crippen LogP) is 2.10. The summed E-state index contributed by atoms with van der Waals surface area (Å²) in [5, 5.41) is 3.50. The van der Waals surface area contributed by atoms with Gasteiger partial charge in [0, 0.05) is 37.5 Å². The van der Waals surface area contributed by atoms with Gasteiger partial charge in [0.1, 0.15) is 5.41 Å². The van der Waals surface area contributed by atoms with Crippen molar-refractivity contribution in [3.8, 4) is 0 Å². The van der Waals surface area contributed by atoms with Crippen LogP contribution >= 0.6 is 11.6 Å². The smallest absolute Gasteiger partial charge is 0.238 e. The van der Waals surface area contributed by atoms with Crippen molar-refractivity contribution >= 4 is 23.4 Å². The first-order valence-corrected chi connectivity index (χ1v) is 9.52. The number of nitrogens with one attached hydrogen (secondary N) is 1. The third-order valence-electron chi connectivity index (χ3n) is 5.62. The Kier molecular flexibility index (Phi) is 4.67. The van der Waals surface area contributed by atoms with Crippen LogP contribution in [0.15, 0.2) is 24.3 Å². The van der Waals surface area contributed by atoms with Crippen LogP contribution in [-0.4, -0.2) is 48.8 Å². The summed E-state index contributed by atoms with van der Waals surface area (Å²) in [5.41, 5.74) is -0.0513. The minimum atomic E-state index is -0.900. The van der Waals surface area contributed by atoms with E-state index in [1.165, 1.54) is 0 Å². The van der Waals surface area contributed by atoms with E-state index in [1.54, 1.807) is 11.0 Å². The van der Waals surface area contributed by atoms with Crippen molar-refractivity contribution in [2.45, 2.75) is 38.0 Å². The second-order valence-corrected chi connectivity index (χ2v) is 7.66. The summed E-state index contributed by atoms with van der Waals surface area (Å²) in [6, 6.07) is 7.39. The highest BCUT2D eigenvalue weighted by Gasteiger charge is 2.58. The highest BCUT2D eigenvalue weighted by molar-refractivity contribution is 6.31. The van der Waals surface area contributed by atoms with Gasteiger partial charge in [0.05, 0.1) is 13.2 Å². The van der Waals surface area contributed by atoms with Gasteiger partial charge in [-0.3, -0.25) is 9.59 Å². The first kappa shape index (κ1) is 17.8. The summed E-state index contributed by atoms with van der Waals surface area (Å²) in [7, 11) is 0. The number of carbonyl (C=O) groups is 2. The molecule has 1 aromatic carbocycles. The molecular formula is C19H23ClN2O4. The quantitative estimate of drug-likeness (QED) is 0.815. The van der Waals surface area contributed by atoms with Gasteiger partial charge in [0.2, 0.25) is 11.8 Å². The molecule has 0 radical (unpaired) electrons. The van der Waals surface area contributed by atoms with E-state index >= 15 is 0 Å². The molecule has 1 N–H and O–H groups in total. The minimum Gasteiger partial charge on any atom is -0.351 e. The summed E-state index contributed by atoms with van der Waals surface area (Å²) in [6.07, 6.45) is 2.54. The highest BCUT2D eigenvalue weighted by atomic mass is 35.5. The molecule has 2 saturated heterocycles. The molecule has 2 amide bonds. The van der Waals surface area contributed by atoms with Crippen LogP contribution in [0.25, 0.3) is 0 Å². The number of ether oxygens (including phenoxy) is 2. The van der Waals surface area contributed by atoms with Crippen LogP contribution in [0.5, 0.6) is 0 Å². The molecule has 1 spiro atoms. The summed E-state index contributed by atoms with van der Waals surface area (Å²) in [4.78, 5) is 27.4. The lowest BCUT2D eigenvalue weighted by Gasteiger charge is -2.38. The Hall–Kier alpha value is -1.63. The summed E-state index contributed by atoms with van der Waals surface area (Å²) in [5.74, 6) is -0.780. The van der Waals surface area contributed by atoms with Crippen molar-refractivity contribution in [1.29, 1.82) is 0 Å². The standard InChI is InChI=1S/C19H23ClN2O4/c20-15-4-2-1-3-14(15)13-21-16(23)18(5-6-18)17(24)22-9-7-19(8-10-22)25-11-12-26-19/h1-4H,5-13H2,(H,21,23). The maximum atomic E-state index is 13.0. The normalized spacial score (nSPS) is 23.0. The Morgan fingerprint density at radius 2 is 1.73 bits per heavy atom. The fraction of sp³-hybridized carbons (Fsp3) is 0.579. The molecule has 1 aromatic rings. The number of nitrogens with zero attached hydrogens (tertiary/aromatic N) is 1. The zero-order chi connectivity index (χ0) is 18.2. The van der Waals surface area contributed by atoms with E-state index < -0.39 is 11.2 Å². The van der Waals surface area contributed by atoms with Gasteiger partial charge in [-0.1, -0.05) is 29.8 Å². The van der Waals surface area contributed by atoms with Crippen molar-refractivity contribution in [2.75, 3.05) is 26.3 Å². The first-order chi connectivity index (χ1) is 12.5. The fourth-order valence-electron chi connectivity index (χ4n) is 3.79. The highest BCUT2D eigenvalue weighted by Crippen LogP contribution is 2.48. The number of carbonyl (C=O) groups excluding carboxylic acids is 2. The maximum Gasteiger partial charge on any atom is 0.238 e. The lowest BCUT2D eigenvalue weighted by Crippen LogP contribution is -2.51. The molecule has 140 valence electrons. The topological polar surface area (TPSA) is 67.9 Å². The van der Waals surface area contributed by atoms with E-state index in [0.29, 0.717) is 63.6 Å². The average Bonchev–Trinajstić information content (AvgIpc) is 3.36. The van der Waals surface area contributed by atoms with Crippen molar-refractivity contribution in [3.05, 3.63) is 34.9 Å². The third kappa shape index (κ3) is 3.21. The molecular weight excluding hydrogens is 356 g/mol. The van der Waals surface area contributed by atoms with Crippen LogP contribution in [0.4, 0.5) is 0 Å². The molecule has 1 saturated carbocycles. The van der Waals surface area contributed by atoms with Gasteiger partial charge < -0.3 is 19.7 Å². The monoisotopic (exact) mass is 378 g/mol. The van der Waals surface area contributed by atoms with Gasteiger partial charge in [-0.15, -0.1) is 0 Å². The summed E-state index contributed by atoms with van der Waals surface area (Å²) < 4.78 is 11.4. The molecule has 3 fully saturated rings. The molecule has 1 aliphatic carbocycles. The van der Waals surface area contributed by atoms with Gasteiger partial charge in [0.15, 0.2) is 5.79 Å². The lowest BCUT2D eigenvalue weighted by molar-refractivity contribution is -0.188. The van der Waals surface area contributed by atoms with Crippen molar-refractivity contribution in [3.63, 3.8) is 0 Å². The minimum absolute atomic E-state index is 0.0676. The van der Waals surface area contributed by atoms with E-state index in [2.05, 4.69) is 5.32 Å². The molecule has 0 bridgehead atoms. The molecule has 6 nitrogen and oxygen atoms in total. The van der Waals surface area contributed by atoms with Crippen LogP contribution in [0.2, 0.25) is 5.02 Å². The second kappa shape index (κ2) is 6.83. The Balaban J connectivity index is 1.35. The van der Waals surface area contributed by atoms with Crippen molar-refractivity contribution in [2.24, 2.45) is 5.41 Å². The molecule has 0 aromatic heterocycles.